The Hall–Kier alpha value is -1.80. The summed E-state index contributed by atoms with van der Waals surface area (Å²) in [6.45, 7) is 0. The summed E-state index contributed by atoms with van der Waals surface area (Å²) in [6, 6.07) is 1.23. The van der Waals surface area contributed by atoms with Crippen LogP contribution in [0.25, 0.3) is 0 Å². The van der Waals surface area contributed by atoms with Crippen molar-refractivity contribution in [3.63, 3.8) is 0 Å². The molecule has 110 valence electrons. The highest BCUT2D eigenvalue weighted by molar-refractivity contribution is 8.00. The van der Waals surface area contributed by atoms with Crippen molar-refractivity contribution >= 4 is 40.9 Å². The molecule has 1 fully saturated rings. The van der Waals surface area contributed by atoms with Crippen LogP contribution in [-0.2, 0) is 20.8 Å². The molecule has 0 bridgehead atoms. The molecule has 0 radical (unpaired) electrons. The van der Waals surface area contributed by atoms with Gasteiger partial charge in [-0.25, -0.2) is 4.79 Å². The lowest BCUT2D eigenvalue weighted by atomic mass is 10.0. The minimum atomic E-state index is -1.11. The minimum absolute atomic E-state index is 0.00656. The zero-order valence-corrected chi connectivity index (χ0v) is 12.4. The number of carboxylic acid groups (broad SMARTS) is 1. The number of fused-ring (bicyclic) bond motifs is 1. The topological polar surface area (TPSA) is 86.7 Å². The summed E-state index contributed by atoms with van der Waals surface area (Å²) in [6.07, 6.45) is 1.75. The van der Waals surface area contributed by atoms with Gasteiger partial charge in [-0.3, -0.25) is 14.5 Å². The molecule has 6 nitrogen and oxygen atoms in total. The molecular formula is C13H12N2O4S2. The Morgan fingerprint density at radius 1 is 1.48 bits per heavy atom. The molecule has 3 rings (SSSR count). The Labute approximate surface area is 128 Å². The number of thiophene rings is 1. The van der Waals surface area contributed by atoms with Crippen molar-refractivity contribution in [1.29, 1.82) is 0 Å². The number of thioether (sulfide) groups is 1. The quantitative estimate of drug-likeness (QED) is 0.795. The van der Waals surface area contributed by atoms with Gasteiger partial charge in [0.1, 0.15) is 17.1 Å². The van der Waals surface area contributed by atoms with Gasteiger partial charge in [0.05, 0.1) is 6.42 Å². The molecule has 0 saturated carbocycles. The molecule has 0 aromatic carbocycles. The Bertz CT molecular complexity index is 626. The summed E-state index contributed by atoms with van der Waals surface area (Å²) >= 11 is 2.96. The van der Waals surface area contributed by atoms with E-state index in [1.807, 2.05) is 16.8 Å². The number of rotatable bonds is 4. The second kappa shape index (κ2) is 5.53. The summed E-state index contributed by atoms with van der Waals surface area (Å²) in [7, 11) is 0. The maximum Gasteiger partial charge on any atom is 0.352 e. The fraction of sp³-hybridized carbons (Fsp3) is 0.308. The molecule has 2 aliphatic rings. The third kappa shape index (κ3) is 2.56. The van der Waals surface area contributed by atoms with Crippen LogP contribution in [0.2, 0.25) is 0 Å². The van der Waals surface area contributed by atoms with E-state index in [2.05, 4.69) is 5.32 Å². The van der Waals surface area contributed by atoms with Crippen LogP contribution in [0.3, 0.4) is 0 Å². The van der Waals surface area contributed by atoms with Crippen molar-refractivity contribution in [3.05, 3.63) is 34.2 Å². The van der Waals surface area contributed by atoms with Crippen molar-refractivity contribution in [2.75, 3.05) is 5.75 Å². The third-order valence-corrected chi connectivity index (χ3v) is 5.24. The molecule has 1 saturated heterocycles. The van der Waals surface area contributed by atoms with Gasteiger partial charge in [0.25, 0.3) is 5.91 Å². The molecule has 2 N–H and O–H groups in total. The molecule has 2 atom stereocenters. The highest BCUT2D eigenvalue weighted by atomic mass is 32.2. The van der Waals surface area contributed by atoms with Crippen molar-refractivity contribution in [3.8, 4) is 0 Å². The van der Waals surface area contributed by atoms with E-state index in [-0.39, 0.29) is 29.3 Å². The van der Waals surface area contributed by atoms with Gasteiger partial charge in [0, 0.05) is 5.75 Å². The van der Waals surface area contributed by atoms with Crippen LogP contribution in [0, 0.1) is 0 Å². The van der Waals surface area contributed by atoms with Crippen molar-refractivity contribution in [1.82, 2.24) is 10.2 Å². The number of carbonyl (C=O) groups is 3. The first-order valence-corrected chi connectivity index (χ1v) is 8.25. The standard InChI is InChI=1S/C13H12N2O4S2/c16-9(5-7-1-3-20-6-7)14-10-11(17)15-8(13(18)19)2-4-21-12(10)15/h1-3,6,10,12H,4-5H2,(H,14,16)(H,18,19)/t10-,12+/m1/s1. The summed E-state index contributed by atoms with van der Waals surface area (Å²) in [4.78, 5) is 36.3. The van der Waals surface area contributed by atoms with E-state index in [4.69, 9.17) is 5.11 Å². The Balaban J connectivity index is 1.64. The predicted octanol–water partition coefficient (Wildman–Crippen LogP) is 0.659. The SMILES string of the molecule is O=C(Cc1ccsc1)N[C@@H]1C(=O)N2C(C(=O)O)=CCS[C@@H]12. The second-order valence-corrected chi connectivity index (χ2v) is 6.61. The molecule has 2 aliphatic heterocycles. The highest BCUT2D eigenvalue weighted by Crippen LogP contribution is 2.37. The van der Waals surface area contributed by atoms with E-state index in [1.165, 1.54) is 34.1 Å². The van der Waals surface area contributed by atoms with Gasteiger partial charge < -0.3 is 10.4 Å². The average molecular weight is 324 g/mol. The van der Waals surface area contributed by atoms with Crippen LogP contribution >= 0.6 is 23.1 Å². The normalized spacial score (nSPS) is 23.9. The summed E-state index contributed by atoms with van der Waals surface area (Å²) in [5.41, 5.74) is 0.913. The highest BCUT2D eigenvalue weighted by Gasteiger charge is 2.52. The second-order valence-electron chi connectivity index (χ2n) is 4.68. The van der Waals surface area contributed by atoms with Crippen LogP contribution in [-0.4, -0.2) is 45.0 Å². The Kier molecular flexibility index (Phi) is 3.73. The van der Waals surface area contributed by atoms with Crippen molar-refractivity contribution in [2.45, 2.75) is 17.8 Å². The first-order valence-electron chi connectivity index (χ1n) is 6.26. The lowest BCUT2D eigenvalue weighted by molar-refractivity contribution is -0.150. The van der Waals surface area contributed by atoms with Gasteiger partial charge in [0.2, 0.25) is 5.91 Å². The molecule has 0 unspecified atom stereocenters. The van der Waals surface area contributed by atoms with E-state index in [0.29, 0.717) is 5.75 Å². The average Bonchev–Trinajstić information content (AvgIpc) is 2.96. The van der Waals surface area contributed by atoms with Gasteiger partial charge in [-0.05, 0) is 28.5 Å². The number of carbonyl (C=O) groups excluding carboxylic acids is 2. The van der Waals surface area contributed by atoms with Gasteiger partial charge in [0.15, 0.2) is 0 Å². The molecule has 1 aromatic heterocycles. The molecule has 3 heterocycles. The lowest BCUT2D eigenvalue weighted by Crippen LogP contribution is -2.70. The Morgan fingerprint density at radius 3 is 2.95 bits per heavy atom. The smallest absolute Gasteiger partial charge is 0.352 e. The van der Waals surface area contributed by atoms with Crippen molar-refractivity contribution in [2.24, 2.45) is 0 Å². The number of β-lactam (4-membered cyclic amide) rings is 1. The summed E-state index contributed by atoms with van der Waals surface area (Å²) in [5.74, 6) is -1.18. The number of hydrogen-bond donors (Lipinski definition) is 2. The molecule has 8 heteroatoms. The van der Waals surface area contributed by atoms with E-state index in [0.717, 1.165) is 5.56 Å². The third-order valence-electron chi connectivity index (χ3n) is 3.33. The largest absolute Gasteiger partial charge is 0.477 e. The molecule has 1 aromatic rings. The van der Waals surface area contributed by atoms with Crippen molar-refractivity contribution < 1.29 is 19.5 Å². The fourth-order valence-electron chi connectivity index (χ4n) is 2.34. The summed E-state index contributed by atoms with van der Waals surface area (Å²) in [5, 5.41) is 15.2. The van der Waals surface area contributed by atoms with E-state index in [9.17, 15) is 14.4 Å². The maximum atomic E-state index is 12.0. The van der Waals surface area contributed by atoms with Gasteiger partial charge in [-0.2, -0.15) is 11.3 Å². The van der Waals surface area contributed by atoms with Crippen LogP contribution in [0.1, 0.15) is 5.56 Å². The fourth-order valence-corrected chi connectivity index (χ4v) is 4.20. The number of aliphatic carboxylic acids is 1. The number of nitrogens with one attached hydrogen (secondary N) is 1. The van der Waals surface area contributed by atoms with Crippen LogP contribution in [0.15, 0.2) is 28.6 Å². The molecule has 21 heavy (non-hydrogen) atoms. The monoisotopic (exact) mass is 324 g/mol. The van der Waals surface area contributed by atoms with E-state index >= 15 is 0 Å². The van der Waals surface area contributed by atoms with E-state index in [1.54, 1.807) is 0 Å². The minimum Gasteiger partial charge on any atom is -0.477 e. The molecule has 0 spiro atoms. The number of hydrogen-bond acceptors (Lipinski definition) is 5. The van der Waals surface area contributed by atoms with E-state index < -0.39 is 12.0 Å². The molecule has 0 aliphatic carbocycles. The number of nitrogens with zero attached hydrogens (tertiary/aromatic N) is 1. The van der Waals surface area contributed by atoms with Gasteiger partial charge in [-0.1, -0.05) is 0 Å². The molecule has 2 amide bonds. The first kappa shape index (κ1) is 14.2. The van der Waals surface area contributed by atoms with Gasteiger partial charge >= 0.3 is 5.97 Å². The summed E-state index contributed by atoms with van der Waals surface area (Å²) < 4.78 is 0. The lowest BCUT2D eigenvalue weighted by Gasteiger charge is -2.48. The molecular weight excluding hydrogens is 312 g/mol. The first-order chi connectivity index (χ1) is 10.1. The zero-order chi connectivity index (χ0) is 15.0. The number of amides is 2. The number of carboxylic acids is 1. The Morgan fingerprint density at radius 2 is 2.29 bits per heavy atom. The van der Waals surface area contributed by atoms with Gasteiger partial charge in [-0.15, -0.1) is 11.8 Å². The zero-order valence-electron chi connectivity index (χ0n) is 10.8. The predicted molar refractivity (Wildman–Crippen MR) is 78.8 cm³/mol. The van der Waals surface area contributed by atoms with Crippen LogP contribution < -0.4 is 5.32 Å². The maximum absolute atomic E-state index is 12.0. The van der Waals surface area contributed by atoms with Crippen LogP contribution in [0.4, 0.5) is 0 Å². The van der Waals surface area contributed by atoms with Crippen LogP contribution in [0.5, 0.6) is 0 Å².